The van der Waals surface area contributed by atoms with Gasteiger partial charge in [0, 0.05) is 12.1 Å². The van der Waals surface area contributed by atoms with Crippen molar-refractivity contribution < 1.29 is 13.3 Å². The molecule has 0 heterocycles. The maximum atomic E-state index is 12.2. The van der Waals surface area contributed by atoms with Gasteiger partial charge in [-0.3, -0.25) is 15.5 Å². The Morgan fingerprint density at radius 2 is 1.68 bits per heavy atom. The molecule has 1 N–H and O–H groups in total. The minimum atomic E-state index is -3.73. The highest BCUT2D eigenvalue weighted by Gasteiger charge is 2.19. The molecule has 0 fully saturated rings. The van der Waals surface area contributed by atoms with Crippen molar-refractivity contribution in [2.75, 3.05) is 5.43 Å². The van der Waals surface area contributed by atoms with Crippen LogP contribution < -0.4 is 5.43 Å². The molecule has 0 amide bonds. The SMILES string of the molecule is O=[N+]([O-])c1ccc(N/N=C(\Br)S(=O)(=O)c2ccccc2)cc1. The summed E-state index contributed by atoms with van der Waals surface area (Å²) in [4.78, 5) is 10.1. The molecule has 0 unspecified atom stereocenters. The highest BCUT2D eigenvalue weighted by molar-refractivity contribution is 9.21. The lowest BCUT2D eigenvalue weighted by atomic mass is 10.3. The van der Waals surface area contributed by atoms with Gasteiger partial charge in [-0.1, -0.05) is 18.2 Å². The first-order valence-electron chi connectivity index (χ1n) is 5.95. The largest absolute Gasteiger partial charge is 0.277 e. The number of non-ortho nitro benzene ring substituents is 1. The van der Waals surface area contributed by atoms with Crippen LogP contribution in [0.4, 0.5) is 11.4 Å². The molecule has 0 saturated heterocycles. The van der Waals surface area contributed by atoms with E-state index in [0.29, 0.717) is 5.69 Å². The van der Waals surface area contributed by atoms with Gasteiger partial charge in [-0.15, -0.1) is 0 Å². The number of hydrazone groups is 1. The standard InChI is InChI=1S/C13H10BrN3O4S/c14-13(22(20,21)12-4-2-1-3-5-12)16-15-10-6-8-11(9-7-10)17(18)19/h1-9,15H/b16-13+. The fraction of sp³-hybridized carbons (Fsp3) is 0. The van der Waals surface area contributed by atoms with Gasteiger partial charge < -0.3 is 0 Å². The summed E-state index contributed by atoms with van der Waals surface area (Å²) in [6, 6.07) is 13.3. The van der Waals surface area contributed by atoms with Crippen molar-refractivity contribution in [1.82, 2.24) is 0 Å². The minimum absolute atomic E-state index is 0.0643. The van der Waals surface area contributed by atoms with Crippen LogP contribution in [0.15, 0.2) is 64.6 Å². The molecule has 0 aliphatic carbocycles. The molecule has 114 valence electrons. The predicted molar refractivity (Wildman–Crippen MR) is 86.7 cm³/mol. The first-order chi connectivity index (χ1) is 10.4. The smallest absolute Gasteiger partial charge is 0.269 e. The van der Waals surface area contributed by atoms with E-state index in [4.69, 9.17) is 0 Å². The second-order valence-electron chi connectivity index (χ2n) is 4.10. The highest BCUT2D eigenvalue weighted by atomic mass is 79.9. The van der Waals surface area contributed by atoms with Crippen LogP contribution in [0.1, 0.15) is 0 Å². The minimum Gasteiger partial charge on any atom is -0.277 e. The average molecular weight is 384 g/mol. The average Bonchev–Trinajstić information content (AvgIpc) is 2.53. The molecule has 2 rings (SSSR count). The number of rotatable bonds is 4. The number of anilines is 1. The Labute approximate surface area is 134 Å². The number of nitrogens with zero attached hydrogens (tertiary/aromatic N) is 2. The molecule has 2 aromatic rings. The maximum absolute atomic E-state index is 12.2. The first kappa shape index (κ1) is 16.1. The zero-order valence-electron chi connectivity index (χ0n) is 11.0. The summed E-state index contributed by atoms with van der Waals surface area (Å²) in [5.74, 6) is 0. The van der Waals surface area contributed by atoms with E-state index in [-0.39, 0.29) is 14.5 Å². The number of benzene rings is 2. The normalized spacial score (nSPS) is 12.0. The molecule has 0 radical (unpaired) electrons. The molecule has 2 aromatic carbocycles. The Kier molecular flexibility index (Phi) is 4.88. The molecular formula is C13H10BrN3O4S. The zero-order chi connectivity index (χ0) is 16.2. The molecule has 9 heteroatoms. The summed E-state index contributed by atoms with van der Waals surface area (Å²) < 4.78 is 24.1. The van der Waals surface area contributed by atoms with Gasteiger partial charge in [0.25, 0.3) is 5.69 Å². The van der Waals surface area contributed by atoms with Crippen LogP contribution in [-0.2, 0) is 9.84 Å². The Morgan fingerprint density at radius 1 is 1.09 bits per heavy atom. The van der Waals surface area contributed by atoms with Gasteiger partial charge in [0.1, 0.15) is 0 Å². The summed E-state index contributed by atoms with van der Waals surface area (Å²) in [6.07, 6.45) is 0. The van der Waals surface area contributed by atoms with Crippen molar-refractivity contribution in [2.45, 2.75) is 4.90 Å². The summed E-state index contributed by atoms with van der Waals surface area (Å²) >= 11 is 2.92. The molecule has 0 aliphatic rings. The topological polar surface area (TPSA) is 102 Å². The summed E-state index contributed by atoms with van der Waals surface area (Å²) in [5, 5.41) is 14.3. The van der Waals surface area contributed by atoms with Crippen molar-refractivity contribution in [1.29, 1.82) is 0 Å². The molecule has 0 aliphatic heterocycles. The van der Waals surface area contributed by atoms with E-state index in [0.717, 1.165) is 0 Å². The lowest BCUT2D eigenvalue weighted by Gasteiger charge is -2.04. The second kappa shape index (κ2) is 6.67. The van der Waals surface area contributed by atoms with Crippen LogP contribution >= 0.6 is 15.9 Å². The zero-order valence-corrected chi connectivity index (χ0v) is 13.4. The van der Waals surface area contributed by atoms with Gasteiger partial charge in [0.15, 0.2) is 0 Å². The van der Waals surface area contributed by atoms with Crippen molar-refractivity contribution in [3.63, 3.8) is 0 Å². The summed E-state index contributed by atoms with van der Waals surface area (Å²) in [6.45, 7) is 0. The second-order valence-corrected chi connectivity index (χ2v) is 7.24. The molecule has 0 bridgehead atoms. The third-order valence-corrected chi connectivity index (χ3v) is 5.51. The quantitative estimate of drug-likeness (QED) is 0.378. The highest BCUT2D eigenvalue weighted by Crippen LogP contribution is 2.18. The lowest BCUT2D eigenvalue weighted by molar-refractivity contribution is -0.384. The van der Waals surface area contributed by atoms with Gasteiger partial charge in [-0.25, -0.2) is 8.42 Å². The van der Waals surface area contributed by atoms with Crippen LogP contribution in [0.3, 0.4) is 0 Å². The van der Waals surface area contributed by atoms with Crippen LogP contribution in [0.5, 0.6) is 0 Å². The predicted octanol–water partition coefficient (Wildman–Crippen LogP) is 3.15. The molecule has 0 atom stereocenters. The third kappa shape index (κ3) is 3.68. The van der Waals surface area contributed by atoms with E-state index in [1.807, 2.05) is 0 Å². The van der Waals surface area contributed by atoms with E-state index in [9.17, 15) is 18.5 Å². The monoisotopic (exact) mass is 383 g/mol. The number of hydrogen-bond donors (Lipinski definition) is 1. The fourth-order valence-electron chi connectivity index (χ4n) is 1.52. The Hall–Kier alpha value is -2.26. The summed E-state index contributed by atoms with van der Waals surface area (Å²) in [5.41, 5.74) is 2.88. The van der Waals surface area contributed by atoms with Crippen LogP contribution in [0, 0.1) is 10.1 Å². The van der Waals surface area contributed by atoms with Crippen molar-refractivity contribution in [3.8, 4) is 0 Å². The van der Waals surface area contributed by atoms with Gasteiger partial charge in [-0.05, 0) is 40.2 Å². The fourth-order valence-corrected chi connectivity index (χ4v) is 3.05. The van der Waals surface area contributed by atoms with E-state index in [1.54, 1.807) is 18.2 Å². The Morgan fingerprint density at radius 3 is 2.23 bits per heavy atom. The van der Waals surface area contributed by atoms with Gasteiger partial charge in [0.05, 0.1) is 15.5 Å². The van der Waals surface area contributed by atoms with Crippen molar-refractivity contribution in [3.05, 3.63) is 64.7 Å². The molecule has 0 aromatic heterocycles. The number of nitrogens with one attached hydrogen (secondary N) is 1. The maximum Gasteiger partial charge on any atom is 0.269 e. The number of nitro benzene ring substituents is 1. The van der Waals surface area contributed by atoms with E-state index < -0.39 is 14.8 Å². The molecule has 0 saturated carbocycles. The Balaban J connectivity index is 2.17. The molecule has 7 nitrogen and oxygen atoms in total. The third-order valence-electron chi connectivity index (χ3n) is 2.63. The Bertz CT molecular complexity index is 805. The molecular weight excluding hydrogens is 374 g/mol. The number of hydrogen-bond acceptors (Lipinski definition) is 6. The van der Waals surface area contributed by atoms with E-state index >= 15 is 0 Å². The number of nitro groups is 1. The van der Waals surface area contributed by atoms with Crippen LogP contribution in [-0.4, -0.2) is 17.3 Å². The molecule has 22 heavy (non-hydrogen) atoms. The van der Waals surface area contributed by atoms with Gasteiger partial charge >= 0.3 is 0 Å². The van der Waals surface area contributed by atoms with Gasteiger partial charge in [-0.2, -0.15) is 5.10 Å². The van der Waals surface area contributed by atoms with Gasteiger partial charge in [0.2, 0.25) is 13.8 Å². The van der Waals surface area contributed by atoms with E-state index in [1.165, 1.54) is 36.4 Å². The van der Waals surface area contributed by atoms with Crippen LogP contribution in [0.25, 0.3) is 0 Å². The number of sulfone groups is 1. The number of halogens is 1. The van der Waals surface area contributed by atoms with Crippen LogP contribution in [0.2, 0.25) is 0 Å². The summed E-state index contributed by atoms with van der Waals surface area (Å²) in [7, 11) is -3.73. The molecule has 0 spiro atoms. The first-order valence-corrected chi connectivity index (χ1v) is 8.22. The lowest BCUT2D eigenvalue weighted by Crippen LogP contribution is -2.10. The van der Waals surface area contributed by atoms with E-state index in [2.05, 4.69) is 26.5 Å². The van der Waals surface area contributed by atoms with Crippen molar-refractivity contribution >= 4 is 41.1 Å². The van der Waals surface area contributed by atoms with Crippen molar-refractivity contribution in [2.24, 2.45) is 5.10 Å².